The van der Waals surface area contributed by atoms with E-state index in [-0.39, 0.29) is 11.2 Å². The van der Waals surface area contributed by atoms with Crippen LogP contribution in [0.3, 0.4) is 0 Å². The van der Waals surface area contributed by atoms with Crippen molar-refractivity contribution in [3.8, 4) is 0 Å². The fourth-order valence-corrected chi connectivity index (χ4v) is 0.971. The van der Waals surface area contributed by atoms with E-state index in [2.05, 4.69) is 26.2 Å². The van der Waals surface area contributed by atoms with Crippen LogP contribution in [0.25, 0.3) is 0 Å². The molecule has 1 amide bonds. The normalized spacial score (nSPS) is 9.18. The third-order valence-electron chi connectivity index (χ3n) is 1.08. The minimum atomic E-state index is -0.319. The van der Waals surface area contributed by atoms with Crippen molar-refractivity contribution < 1.29 is 4.79 Å². The maximum absolute atomic E-state index is 10.9. The minimum Gasteiger partial charge on any atom is -0.326 e. The van der Waals surface area contributed by atoms with E-state index in [4.69, 9.17) is 0 Å². The number of halogens is 1. The second kappa shape index (κ2) is 3.34. The van der Waals surface area contributed by atoms with Gasteiger partial charge in [-0.15, -0.1) is 0 Å². The van der Waals surface area contributed by atoms with Crippen LogP contribution in [0.2, 0.25) is 0 Å². The first kappa shape index (κ1) is 8.00. The lowest BCUT2D eigenvalue weighted by molar-refractivity contribution is -0.105. The summed E-state index contributed by atoms with van der Waals surface area (Å²) in [5, 5.41) is 2.26. The van der Waals surface area contributed by atoms with Crippen molar-refractivity contribution in [2.75, 3.05) is 5.32 Å². The highest BCUT2D eigenvalue weighted by molar-refractivity contribution is 9.10. The summed E-state index contributed by atoms with van der Waals surface area (Å²) in [4.78, 5) is 23.3. The summed E-state index contributed by atoms with van der Waals surface area (Å²) in [6.07, 6.45) is 1.95. The number of carbonyl (C=O) groups excluding carboxylic acids is 1. The molecule has 11 heavy (non-hydrogen) atoms. The lowest BCUT2D eigenvalue weighted by Crippen LogP contribution is -2.11. The van der Waals surface area contributed by atoms with Crippen LogP contribution in [-0.4, -0.2) is 11.4 Å². The molecule has 0 bridgehead atoms. The maximum atomic E-state index is 10.9. The van der Waals surface area contributed by atoms with Gasteiger partial charge in [0, 0.05) is 10.7 Å². The van der Waals surface area contributed by atoms with E-state index >= 15 is 0 Å². The molecule has 0 aromatic carbocycles. The first-order chi connectivity index (χ1) is 5.24. The summed E-state index contributed by atoms with van der Waals surface area (Å²) >= 11 is 3.14. The van der Waals surface area contributed by atoms with Gasteiger partial charge in [0.05, 0.1) is 0 Å². The lowest BCUT2D eigenvalue weighted by atomic mass is 10.4. The van der Waals surface area contributed by atoms with Gasteiger partial charge >= 0.3 is 0 Å². The fourth-order valence-electron chi connectivity index (χ4n) is 0.628. The van der Waals surface area contributed by atoms with Gasteiger partial charge < -0.3 is 10.3 Å². The number of anilines is 1. The average Bonchev–Trinajstić information content (AvgIpc) is 1.98. The molecule has 0 aliphatic carbocycles. The Morgan fingerprint density at radius 2 is 2.36 bits per heavy atom. The number of carbonyl (C=O) groups is 1. The van der Waals surface area contributed by atoms with Crippen LogP contribution in [0, 0.1) is 0 Å². The predicted molar refractivity (Wildman–Crippen MR) is 44.4 cm³/mol. The first-order valence-corrected chi connectivity index (χ1v) is 3.62. The second-order valence-electron chi connectivity index (χ2n) is 1.82. The third kappa shape index (κ3) is 1.91. The van der Waals surface area contributed by atoms with E-state index in [9.17, 15) is 9.59 Å². The monoisotopic (exact) mass is 216 g/mol. The van der Waals surface area contributed by atoms with Gasteiger partial charge in [0.1, 0.15) is 5.69 Å². The Hall–Kier alpha value is -1.10. The number of aromatic amines is 1. The molecule has 0 spiro atoms. The maximum Gasteiger partial charge on any atom is 0.271 e. The predicted octanol–water partition coefficient (Wildman–Crippen LogP) is 0.706. The van der Waals surface area contributed by atoms with Crippen LogP contribution in [0.15, 0.2) is 21.5 Å². The summed E-state index contributed by atoms with van der Waals surface area (Å²) in [6.45, 7) is 0. The van der Waals surface area contributed by atoms with Crippen molar-refractivity contribution in [1.29, 1.82) is 0 Å². The van der Waals surface area contributed by atoms with E-state index in [1.165, 1.54) is 12.3 Å². The fraction of sp³-hybridized carbons (Fsp3) is 0. The van der Waals surface area contributed by atoms with Crippen molar-refractivity contribution in [3.63, 3.8) is 0 Å². The molecule has 1 aromatic heterocycles. The standard InChI is InChI=1S/C6H5BrN2O2/c7-4-1-5(9-3-10)6(11)8-2-4/h1-3H,(H,8,11)(H,9,10). The molecular weight excluding hydrogens is 212 g/mol. The topological polar surface area (TPSA) is 62.0 Å². The van der Waals surface area contributed by atoms with E-state index in [0.717, 1.165) is 0 Å². The van der Waals surface area contributed by atoms with Gasteiger partial charge in [-0.25, -0.2) is 0 Å². The molecule has 0 unspecified atom stereocenters. The van der Waals surface area contributed by atoms with E-state index in [0.29, 0.717) is 10.9 Å². The van der Waals surface area contributed by atoms with Gasteiger partial charge in [0.15, 0.2) is 0 Å². The zero-order chi connectivity index (χ0) is 8.27. The molecular formula is C6H5BrN2O2. The van der Waals surface area contributed by atoms with Gasteiger partial charge in [-0.1, -0.05) is 0 Å². The summed E-state index contributed by atoms with van der Waals surface area (Å²) in [5.41, 5.74) is -0.0883. The molecule has 4 nitrogen and oxygen atoms in total. The molecule has 0 saturated heterocycles. The SMILES string of the molecule is O=CNc1cc(Br)c[nH]c1=O. The molecule has 0 aliphatic heterocycles. The van der Waals surface area contributed by atoms with E-state index in [1.807, 2.05) is 0 Å². The molecule has 1 rings (SSSR count). The molecule has 0 saturated carbocycles. The van der Waals surface area contributed by atoms with E-state index < -0.39 is 0 Å². The molecule has 2 N–H and O–H groups in total. The molecule has 0 fully saturated rings. The molecule has 5 heteroatoms. The summed E-state index contributed by atoms with van der Waals surface area (Å²) in [6, 6.07) is 1.52. The number of H-pyrrole nitrogens is 1. The van der Waals surface area contributed by atoms with Crippen LogP contribution >= 0.6 is 15.9 Å². The Bertz CT molecular complexity index is 321. The Morgan fingerprint density at radius 1 is 1.64 bits per heavy atom. The van der Waals surface area contributed by atoms with Crippen molar-refractivity contribution in [1.82, 2.24) is 4.98 Å². The van der Waals surface area contributed by atoms with Crippen LogP contribution in [0.1, 0.15) is 0 Å². The van der Waals surface area contributed by atoms with E-state index in [1.54, 1.807) is 0 Å². The Morgan fingerprint density at radius 3 is 3.00 bits per heavy atom. The second-order valence-corrected chi connectivity index (χ2v) is 2.74. The summed E-state index contributed by atoms with van der Waals surface area (Å²) < 4.78 is 0.710. The minimum absolute atomic E-state index is 0.231. The van der Waals surface area contributed by atoms with Gasteiger partial charge in [-0.2, -0.15) is 0 Å². The highest BCUT2D eigenvalue weighted by Crippen LogP contribution is 2.08. The van der Waals surface area contributed by atoms with Crippen molar-refractivity contribution >= 4 is 28.0 Å². The smallest absolute Gasteiger partial charge is 0.271 e. The van der Waals surface area contributed by atoms with Crippen molar-refractivity contribution in [3.05, 3.63) is 27.1 Å². The first-order valence-electron chi connectivity index (χ1n) is 2.82. The number of hydrogen-bond donors (Lipinski definition) is 2. The molecule has 1 aromatic rings. The third-order valence-corrected chi connectivity index (χ3v) is 1.54. The highest BCUT2D eigenvalue weighted by atomic mass is 79.9. The largest absolute Gasteiger partial charge is 0.326 e. The Balaban J connectivity index is 3.12. The summed E-state index contributed by atoms with van der Waals surface area (Å²) in [5.74, 6) is 0. The Labute approximate surface area is 70.8 Å². The zero-order valence-corrected chi connectivity index (χ0v) is 7.01. The molecule has 58 valence electrons. The molecule has 0 radical (unpaired) electrons. The van der Waals surface area contributed by atoms with Crippen molar-refractivity contribution in [2.24, 2.45) is 0 Å². The average molecular weight is 217 g/mol. The number of nitrogens with one attached hydrogen (secondary N) is 2. The quantitative estimate of drug-likeness (QED) is 0.716. The number of hydrogen-bond acceptors (Lipinski definition) is 2. The molecule has 0 aliphatic rings. The van der Waals surface area contributed by atoms with Gasteiger partial charge in [-0.3, -0.25) is 9.59 Å². The number of aromatic nitrogens is 1. The van der Waals surface area contributed by atoms with Gasteiger partial charge in [0.2, 0.25) is 6.41 Å². The highest BCUT2D eigenvalue weighted by Gasteiger charge is 1.96. The zero-order valence-electron chi connectivity index (χ0n) is 5.43. The number of amides is 1. The van der Waals surface area contributed by atoms with Crippen LogP contribution in [0.4, 0.5) is 5.69 Å². The molecule has 1 heterocycles. The lowest BCUT2D eigenvalue weighted by Gasteiger charge is -1.95. The van der Waals surface area contributed by atoms with Crippen LogP contribution in [0.5, 0.6) is 0 Å². The van der Waals surface area contributed by atoms with Gasteiger partial charge in [-0.05, 0) is 22.0 Å². The van der Waals surface area contributed by atoms with Crippen LogP contribution in [-0.2, 0) is 4.79 Å². The number of rotatable bonds is 2. The van der Waals surface area contributed by atoms with Crippen molar-refractivity contribution in [2.45, 2.75) is 0 Å². The van der Waals surface area contributed by atoms with Gasteiger partial charge in [0.25, 0.3) is 5.56 Å². The van der Waals surface area contributed by atoms with Crippen LogP contribution < -0.4 is 10.9 Å². The molecule has 0 atom stereocenters. The summed E-state index contributed by atoms with van der Waals surface area (Å²) in [7, 11) is 0. The Kier molecular flexibility index (Phi) is 2.43. The number of pyridine rings is 1.